The maximum absolute atomic E-state index is 11.1. The average molecular weight is 459 g/mol. The first-order valence-electron chi connectivity index (χ1n) is 8.60. The average Bonchev–Trinajstić information content (AvgIpc) is 3.13. The third-order valence-corrected chi connectivity index (χ3v) is 5.00. The van der Waals surface area contributed by atoms with Gasteiger partial charge in [-0.3, -0.25) is 10.2 Å². The fourth-order valence-corrected chi connectivity index (χ4v) is 3.60. The predicted molar refractivity (Wildman–Crippen MR) is 118 cm³/mol. The van der Waals surface area contributed by atoms with Gasteiger partial charge in [-0.05, 0) is 58.7 Å². The molecule has 1 amide bonds. The fraction of sp³-hybridized carbons (Fsp3) is 0.150. The molecule has 3 aromatic rings. The summed E-state index contributed by atoms with van der Waals surface area (Å²) in [6, 6.07) is 13.3. The van der Waals surface area contributed by atoms with E-state index in [1.165, 1.54) is 18.3 Å². The van der Waals surface area contributed by atoms with Crippen LogP contribution in [0.15, 0.2) is 57.4 Å². The highest BCUT2D eigenvalue weighted by molar-refractivity contribution is 9.10. The molecule has 2 N–H and O–H groups in total. The second kappa shape index (κ2) is 9.48. The number of carbonyl (C=O) groups is 1. The van der Waals surface area contributed by atoms with Crippen molar-refractivity contribution in [2.24, 2.45) is 5.10 Å². The molecule has 2 aromatic carbocycles. The molecule has 0 aliphatic rings. The number of ether oxygens (including phenoxy) is 1. The van der Waals surface area contributed by atoms with E-state index in [0.29, 0.717) is 11.7 Å². The number of halogens is 1. The molecule has 0 bridgehead atoms. The number of aromatic nitrogens is 1. The molecule has 0 aliphatic heterocycles. The molecule has 0 spiro atoms. The lowest BCUT2D eigenvalue weighted by Crippen LogP contribution is -2.05. The van der Waals surface area contributed by atoms with Crippen molar-refractivity contribution < 1.29 is 9.53 Å². The van der Waals surface area contributed by atoms with Gasteiger partial charge in [-0.2, -0.15) is 5.10 Å². The summed E-state index contributed by atoms with van der Waals surface area (Å²) in [4.78, 5) is 15.6. The topological polar surface area (TPSA) is 75.6 Å². The zero-order valence-corrected chi connectivity index (χ0v) is 17.8. The van der Waals surface area contributed by atoms with E-state index in [4.69, 9.17) is 4.74 Å². The smallest absolute Gasteiger partial charge is 0.221 e. The number of thiazole rings is 1. The summed E-state index contributed by atoms with van der Waals surface area (Å²) < 4.78 is 6.39. The van der Waals surface area contributed by atoms with E-state index in [2.05, 4.69) is 36.8 Å². The second-order valence-electron chi connectivity index (χ2n) is 5.79. The van der Waals surface area contributed by atoms with Gasteiger partial charge in [0, 0.05) is 23.6 Å². The number of hydrogen-bond donors (Lipinski definition) is 2. The Morgan fingerprint density at radius 1 is 1.29 bits per heavy atom. The van der Waals surface area contributed by atoms with Gasteiger partial charge >= 0.3 is 0 Å². The molecule has 0 radical (unpaired) electrons. The van der Waals surface area contributed by atoms with Gasteiger partial charge in [0.25, 0.3) is 0 Å². The first-order chi connectivity index (χ1) is 13.5. The standard InChI is InChI=1S/C20H19BrN4O2S/c1-3-27-19-9-4-14(10-17(19)21)11-22-25-20-24-18(12-28-20)15-5-7-16(8-6-15)23-13(2)26/h4-12H,3H2,1-2H3,(H,23,26)(H,24,25)/b22-11-. The van der Waals surface area contributed by atoms with Crippen molar-refractivity contribution in [2.45, 2.75) is 13.8 Å². The van der Waals surface area contributed by atoms with Crippen LogP contribution in [-0.4, -0.2) is 23.7 Å². The van der Waals surface area contributed by atoms with Gasteiger partial charge in [0.05, 0.1) is 23.0 Å². The third-order valence-electron chi connectivity index (χ3n) is 3.63. The molecule has 0 saturated heterocycles. The van der Waals surface area contributed by atoms with Crippen LogP contribution in [0.2, 0.25) is 0 Å². The van der Waals surface area contributed by atoms with Crippen LogP contribution in [0.1, 0.15) is 19.4 Å². The van der Waals surface area contributed by atoms with Crippen LogP contribution in [0.25, 0.3) is 11.3 Å². The van der Waals surface area contributed by atoms with E-state index >= 15 is 0 Å². The van der Waals surface area contributed by atoms with Gasteiger partial charge in [-0.15, -0.1) is 11.3 Å². The van der Waals surface area contributed by atoms with E-state index in [1.807, 2.05) is 54.8 Å². The molecule has 6 nitrogen and oxygen atoms in total. The zero-order valence-electron chi connectivity index (χ0n) is 15.4. The molecule has 0 saturated carbocycles. The highest BCUT2D eigenvalue weighted by Gasteiger charge is 2.05. The van der Waals surface area contributed by atoms with Gasteiger partial charge in [0.1, 0.15) is 5.75 Å². The Morgan fingerprint density at radius 2 is 2.07 bits per heavy atom. The van der Waals surface area contributed by atoms with E-state index in [-0.39, 0.29) is 5.91 Å². The largest absolute Gasteiger partial charge is 0.493 e. The molecule has 0 unspecified atom stereocenters. The van der Waals surface area contributed by atoms with Crippen molar-refractivity contribution in [1.29, 1.82) is 0 Å². The molecule has 0 aliphatic carbocycles. The number of anilines is 2. The third kappa shape index (κ3) is 5.40. The number of hydrazone groups is 1. The van der Waals surface area contributed by atoms with E-state index in [0.717, 1.165) is 32.7 Å². The second-order valence-corrected chi connectivity index (χ2v) is 7.50. The first-order valence-corrected chi connectivity index (χ1v) is 10.3. The number of hydrogen-bond acceptors (Lipinski definition) is 6. The number of nitrogens with one attached hydrogen (secondary N) is 2. The van der Waals surface area contributed by atoms with E-state index in [1.54, 1.807) is 6.21 Å². The molecule has 0 fully saturated rings. The lowest BCUT2D eigenvalue weighted by molar-refractivity contribution is -0.114. The first kappa shape index (κ1) is 20.0. The van der Waals surface area contributed by atoms with Gasteiger partial charge in [-0.1, -0.05) is 12.1 Å². The Bertz CT molecular complexity index is 986. The Kier molecular flexibility index (Phi) is 6.78. The van der Waals surface area contributed by atoms with E-state index < -0.39 is 0 Å². The highest BCUT2D eigenvalue weighted by atomic mass is 79.9. The van der Waals surface area contributed by atoms with Crippen molar-refractivity contribution in [3.8, 4) is 17.0 Å². The Morgan fingerprint density at radius 3 is 2.75 bits per heavy atom. The number of carbonyl (C=O) groups excluding carboxylic acids is 1. The van der Waals surface area contributed by atoms with Crippen LogP contribution in [0.3, 0.4) is 0 Å². The minimum atomic E-state index is -0.0923. The van der Waals surface area contributed by atoms with Gasteiger partial charge in [0.2, 0.25) is 11.0 Å². The summed E-state index contributed by atoms with van der Waals surface area (Å²) in [5.74, 6) is 0.715. The van der Waals surface area contributed by atoms with E-state index in [9.17, 15) is 4.79 Å². The Balaban J connectivity index is 1.62. The van der Waals surface area contributed by atoms with Gasteiger partial charge in [0.15, 0.2) is 0 Å². The predicted octanol–water partition coefficient (Wildman–Crippen LogP) is 5.38. The molecule has 8 heteroatoms. The quantitative estimate of drug-likeness (QED) is 0.368. The van der Waals surface area contributed by atoms with Crippen LogP contribution >= 0.6 is 27.3 Å². The van der Waals surface area contributed by atoms with Crippen LogP contribution in [0, 0.1) is 0 Å². The highest BCUT2D eigenvalue weighted by Crippen LogP contribution is 2.27. The minimum absolute atomic E-state index is 0.0923. The lowest BCUT2D eigenvalue weighted by Gasteiger charge is -2.05. The fourth-order valence-electron chi connectivity index (χ4n) is 2.42. The summed E-state index contributed by atoms with van der Waals surface area (Å²) in [6.07, 6.45) is 1.73. The molecular weight excluding hydrogens is 440 g/mol. The molecule has 1 aromatic heterocycles. The zero-order chi connectivity index (χ0) is 19.9. The molecule has 28 heavy (non-hydrogen) atoms. The number of benzene rings is 2. The van der Waals surface area contributed by atoms with Crippen molar-refractivity contribution >= 4 is 50.2 Å². The minimum Gasteiger partial charge on any atom is -0.493 e. The molecule has 3 rings (SSSR count). The van der Waals surface area contributed by atoms with Gasteiger partial charge < -0.3 is 10.1 Å². The summed E-state index contributed by atoms with van der Waals surface area (Å²) in [7, 11) is 0. The van der Waals surface area contributed by atoms with Crippen molar-refractivity contribution in [3.05, 3.63) is 57.9 Å². The summed E-state index contributed by atoms with van der Waals surface area (Å²) in [5, 5.41) is 9.65. The molecule has 0 atom stereocenters. The Labute approximate surface area is 175 Å². The summed E-state index contributed by atoms with van der Waals surface area (Å²) in [5.41, 5.74) is 6.47. The number of nitrogens with zero attached hydrogens (tertiary/aromatic N) is 2. The number of rotatable bonds is 7. The maximum atomic E-state index is 11.1. The van der Waals surface area contributed by atoms with Crippen molar-refractivity contribution in [2.75, 3.05) is 17.3 Å². The van der Waals surface area contributed by atoms with Crippen LogP contribution in [0.5, 0.6) is 5.75 Å². The van der Waals surface area contributed by atoms with Crippen LogP contribution < -0.4 is 15.5 Å². The summed E-state index contributed by atoms with van der Waals surface area (Å²) >= 11 is 4.96. The molecular formula is C20H19BrN4O2S. The van der Waals surface area contributed by atoms with Gasteiger partial charge in [-0.25, -0.2) is 4.98 Å². The molecule has 144 valence electrons. The maximum Gasteiger partial charge on any atom is 0.221 e. The SMILES string of the molecule is CCOc1ccc(/C=N\Nc2nc(-c3ccc(NC(C)=O)cc3)cs2)cc1Br. The van der Waals surface area contributed by atoms with Crippen LogP contribution in [0.4, 0.5) is 10.8 Å². The van der Waals surface area contributed by atoms with Crippen molar-refractivity contribution in [1.82, 2.24) is 4.98 Å². The van der Waals surface area contributed by atoms with Crippen LogP contribution in [-0.2, 0) is 4.79 Å². The monoisotopic (exact) mass is 458 g/mol. The van der Waals surface area contributed by atoms with Crippen molar-refractivity contribution in [3.63, 3.8) is 0 Å². The summed E-state index contributed by atoms with van der Waals surface area (Å²) in [6.45, 7) is 4.06. The number of amides is 1. The Hall–Kier alpha value is -2.71. The lowest BCUT2D eigenvalue weighted by atomic mass is 10.1. The normalized spacial score (nSPS) is 10.8. The molecule has 1 heterocycles.